The van der Waals surface area contributed by atoms with Gasteiger partial charge in [0.05, 0.1) is 27.9 Å². The van der Waals surface area contributed by atoms with Gasteiger partial charge in [0.1, 0.15) is 12.4 Å². The molecule has 0 aliphatic carbocycles. The van der Waals surface area contributed by atoms with E-state index >= 15 is 0 Å². The Kier molecular flexibility index (Phi) is 5.99. The zero-order valence-electron chi connectivity index (χ0n) is 19.1. The number of hydrogen-bond donors (Lipinski definition) is 0. The van der Waals surface area contributed by atoms with Crippen LogP contribution in [-0.4, -0.2) is 54.4 Å². The molecule has 33 heavy (non-hydrogen) atoms. The summed E-state index contributed by atoms with van der Waals surface area (Å²) in [5.41, 5.74) is 0.568. The lowest BCUT2D eigenvalue weighted by Gasteiger charge is -2.52. The lowest BCUT2D eigenvalue weighted by molar-refractivity contribution is -0.255. The minimum atomic E-state index is -0.550. The van der Waals surface area contributed by atoms with Crippen molar-refractivity contribution in [3.05, 3.63) is 72.1 Å². The molecule has 1 aliphatic heterocycles. The molecule has 0 unspecified atom stereocenters. The number of nitrogens with zero attached hydrogens (tertiary/aromatic N) is 5. The average Bonchev–Trinajstić information content (AvgIpc) is 3.31. The molecule has 0 amide bonds. The van der Waals surface area contributed by atoms with Crippen LogP contribution in [0.25, 0.3) is 5.69 Å². The van der Waals surface area contributed by atoms with Crippen LogP contribution >= 0.6 is 0 Å². The minimum absolute atomic E-state index is 0.298. The van der Waals surface area contributed by atoms with E-state index in [1.54, 1.807) is 41.5 Å². The molecule has 1 fully saturated rings. The molecule has 0 radical (unpaired) electrons. The second kappa shape index (κ2) is 8.74. The van der Waals surface area contributed by atoms with E-state index in [1.165, 1.54) is 11.0 Å². The summed E-state index contributed by atoms with van der Waals surface area (Å²) in [6, 6.07) is 15.8. The Morgan fingerprint density at radius 1 is 0.879 bits per heavy atom. The summed E-state index contributed by atoms with van der Waals surface area (Å²) in [5.74, 6) is -0.806. The van der Waals surface area contributed by atoms with E-state index in [2.05, 4.69) is 15.5 Å². The molecule has 1 aromatic heterocycles. The van der Waals surface area contributed by atoms with Gasteiger partial charge in [0.2, 0.25) is 0 Å². The number of hydroxylamine groups is 2. The van der Waals surface area contributed by atoms with Crippen molar-refractivity contribution < 1.29 is 19.2 Å². The van der Waals surface area contributed by atoms with Gasteiger partial charge in [-0.25, -0.2) is 14.3 Å². The van der Waals surface area contributed by atoms with Gasteiger partial charge in [0, 0.05) is 12.8 Å². The highest BCUT2D eigenvalue weighted by Gasteiger charge is 2.49. The molecular weight excluding hydrogens is 422 g/mol. The molecular formula is C24H27N5O4. The first-order valence-corrected chi connectivity index (χ1v) is 10.8. The Hall–Kier alpha value is -3.59. The summed E-state index contributed by atoms with van der Waals surface area (Å²) in [6.45, 7) is 7.91. The summed E-state index contributed by atoms with van der Waals surface area (Å²) in [5, 5.41) is 12.8. The van der Waals surface area contributed by atoms with E-state index in [0.29, 0.717) is 24.0 Å². The van der Waals surface area contributed by atoms with Crippen LogP contribution in [0.3, 0.4) is 0 Å². The highest BCUT2D eigenvalue weighted by molar-refractivity contribution is 5.90. The minimum Gasteiger partial charge on any atom is -0.459 e. The molecule has 1 aliphatic rings. The van der Waals surface area contributed by atoms with E-state index in [-0.39, 0.29) is 12.1 Å². The van der Waals surface area contributed by atoms with E-state index in [4.69, 9.17) is 9.57 Å². The Bertz CT molecular complexity index is 1090. The van der Waals surface area contributed by atoms with Crippen molar-refractivity contribution in [2.45, 2.75) is 57.7 Å². The first-order valence-electron chi connectivity index (χ1n) is 10.8. The van der Waals surface area contributed by atoms with Gasteiger partial charge in [-0.05, 0) is 74.5 Å². The molecule has 2 aromatic carbocycles. The van der Waals surface area contributed by atoms with Gasteiger partial charge in [-0.2, -0.15) is 0 Å². The standard InChI is InChI=1S/C24H27N5O4/c1-23(2)14-20(32-21(30)17-8-6-5-7-9-17)15-24(3,4)29(23)33-22(31)18-10-12-19(13-11-18)28-16-25-26-27-28/h5-13,16,20H,14-15H2,1-4H3. The van der Waals surface area contributed by atoms with Crippen LogP contribution in [0.5, 0.6) is 0 Å². The van der Waals surface area contributed by atoms with E-state index in [0.717, 1.165) is 5.69 Å². The second-order valence-corrected chi connectivity index (χ2v) is 9.40. The summed E-state index contributed by atoms with van der Waals surface area (Å²) < 4.78 is 7.31. The van der Waals surface area contributed by atoms with Crippen LogP contribution in [0, 0.1) is 0 Å². The van der Waals surface area contributed by atoms with E-state index < -0.39 is 17.0 Å². The van der Waals surface area contributed by atoms with Gasteiger partial charge in [0.25, 0.3) is 0 Å². The zero-order valence-corrected chi connectivity index (χ0v) is 19.1. The lowest BCUT2D eigenvalue weighted by atomic mass is 9.80. The molecule has 4 rings (SSSR count). The number of ether oxygens (including phenoxy) is 1. The zero-order chi connectivity index (χ0) is 23.6. The number of carbonyl (C=O) groups is 2. The van der Waals surface area contributed by atoms with Crippen molar-refractivity contribution in [1.82, 2.24) is 25.3 Å². The van der Waals surface area contributed by atoms with Crippen LogP contribution in [0.4, 0.5) is 0 Å². The van der Waals surface area contributed by atoms with Gasteiger partial charge in [-0.1, -0.05) is 18.2 Å². The Morgan fingerprint density at radius 2 is 1.48 bits per heavy atom. The average molecular weight is 450 g/mol. The fraction of sp³-hybridized carbons (Fsp3) is 0.375. The second-order valence-electron chi connectivity index (χ2n) is 9.40. The SMILES string of the molecule is CC1(C)CC(OC(=O)c2ccccc2)CC(C)(C)N1OC(=O)c1ccc(-n2cnnn2)cc1. The van der Waals surface area contributed by atoms with Crippen molar-refractivity contribution in [3.8, 4) is 5.69 Å². The Balaban J connectivity index is 1.44. The van der Waals surface area contributed by atoms with Crippen LogP contribution < -0.4 is 0 Å². The molecule has 0 atom stereocenters. The van der Waals surface area contributed by atoms with Crippen LogP contribution in [-0.2, 0) is 9.57 Å². The fourth-order valence-corrected chi connectivity index (χ4v) is 4.46. The monoisotopic (exact) mass is 449 g/mol. The molecule has 1 saturated heterocycles. The summed E-state index contributed by atoms with van der Waals surface area (Å²) in [6.07, 6.45) is 2.24. The van der Waals surface area contributed by atoms with Gasteiger partial charge >= 0.3 is 11.9 Å². The summed E-state index contributed by atoms with van der Waals surface area (Å²) in [7, 11) is 0. The first kappa shape index (κ1) is 22.6. The number of hydrogen-bond acceptors (Lipinski definition) is 8. The van der Waals surface area contributed by atoms with Crippen molar-refractivity contribution >= 4 is 11.9 Å². The van der Waals surface area contributed by atoms with Crippen LogP contribution in [0.15, 0.2) is 60.9 Å². The number of aromatic nitrogens is 4. The number of piperidine rings is 1. The Morgan fingerprint density at radius 3 is 2.06 bits per heavy atom. The summed E-state index contributed by atoms with van der Waals surface area (Å²) in [4.78, 5) is 31.4. The van der Waals surface area contributed by atoms with Gasteiger partial charge in [-0.15, -0.1) is 10.2 Å². The summed E-state index contributed by atoms with van der Waals surface area (Å²) >= 11 is 0. The number of esters is 1. The molecule has 172 valence electrons. The van der Waals surface area contributed by atoms with Crippen molar-refractivity contribution in [2.24, 2.45) is 0 Å². The smallest absolute Gasteiger partial charge is 0.357 e. The third-order valence-corrected chi connectivity index (χ3v) is 5.73. The molecule has 3 aromatic rings. The van der Waals surface area contributed by atoms with E-state index in [1.807, 2.05) is 45.9 Å². The predicted octanol–water partition coefficient (Wildman–Crippen LogP) is 3.61. The molecule has 9 nitrogen and oxygen atoms in total. The van der Waals surface area contributed by atoms with Crippen LogP contribution in [0.1, 0.15) is 61.3 Å². The lowest BCUT2D eigenvalue weighted by Crippen LogP contribution is -2.62. The fourth-order valence-electron chi connectivity index (χ4n) is 4.46. The number of carbonyl (C=O) groups excluding carboxylic acids is 2. The molecule has 0 bridgehead atoms. The van der Waals surface area contributed by atoms with Crippen molar-refractivity contribution in [1.29, 1.82) is 0 Å². The maximum absolute atomic E-state index is 12.9. The van der Waals surface area contributed by atoms with E-state index in [9.17, 15) is 9.59 Å². The maximum atomic E-state index is 12.9. The molecule has 0 spiro atoms. The van der Waals surface area contributed by atoms with Crippen molar-refractivity contribution in [3.63, 3.8) is 0 Å². The molecule has 0 N–H and O–H groups in total. The Labute approximate surface area is 192 Å². The highest BCUT2D eigenvalue weighted by Crippen LogP contribution is 2.40. The predicted molar refractivity (Wildman–Crippen MR) is 119 cm³/mol. The highest BCUT2D eigenvalue weighted by atomic mass is 16.7. The maximum Gasteiger partial charge on any atom is 0.357 e. The number of benzene rings is 2. The van der Waals surface area contributed by atoms with Gasteiger partial charge < -0.3 is 9.57 Å². The largest absolute Gasteiger partial charge is 0.459 e. The number of rotatable bonds is 5. The topological polar surface area (TPSA) is 99.4 Å². The third-order valence-electron chi connectivity index (χ3n) is 5.73. The molecule has 2 heterocycles. The van der Waals surface area contributed by atoms with Crippen molar-refractivity contribution in [2.75, 3.05) is 0 Å². The van der Waals surface area contributed by atoms with Gasteiger partial charge in [0.15, 0.2) is 0 Å². The number of tetrazole rings is 1. The third kappa shape index (κ3) is 4.93. The van der Waals surface area contributed by atoms with Crippen LogP contribution in [0.2, 0.25) is 0 Å². The quantitative estimate of drug-likeness (QED) is 0.545. The first-order chi connectivity index (χ1) is 15.7. The van der Waals surface area contributed by atoms with Gasteiger partial charge in [-0.3, -0.25) is 0 Å². The normalized spacial score (nSPS) is 17.9. The molecule has 0 saturated carbocycles. The molecule has 9 heteroatoms.